The van der Waals surface area contributed by atoms with Crippen LogP contribution >= 0.6 is 11.8 Å². The molecule has 0 radical (unpaired) electrons. The highest BCUT2D eigenvalue weighted by Crippen LogP contribution is 2.18. The van der Waals surface area contributed by atoms with E-state index in [0.717, 1.165) is 31.7 Å². The van der Waals surface area contributed by atoms with E-state index in [4.69, 9.17) is 0 Å². The molecule has 3 nitrogen and oxygen atoms in total. The summed E-state index contributed by atoms with van der Waals surface area (Å²) < 4.78 is 0. The molecule has 1 aliphatic heterocycles. The summed E-state index contributed by atoms with van der Waals surface area (Å²) in [5, 5.41) is 0. The van der Waals surface area contributed by atoms with Gasteiger partial charge in [0, 0.05) is 25.3 Å². The molecule has 1 amide bonds. The summed E-state index contributed by atoms with van der Waals surface area (Å²) >= 11 is 1.98. The number of hydrogen-bond donors (Lipinski definition) is 0. The third kappa shape index (κ3) is 4.34. The van der Waals surface area contributed by atoms with E-state index < -0.39 is 0 Å². The fraction of sp³-hybridized carbons (Fsp3) is 0.917. The molecule has 0 aromatic carbocycles. The number of amides is 1. The Labute approximate surface area is 104 Å². The lowest BCUT2D eigenvalue weighted by Crippen LogP contribution is -2.46. The molecule has 94 valence electrons. The molecule has 1 atom stereocenters. The molecular formula is C12H24N2OS. The molecule has 16 heavy (non-hydrogen) atoms. The number of rotatable bonds is 4. The highest BCUT2D eigenvalue weighted by atomic mass is 32.2. The van der Waals surface area contributed by atoms with Crippen molar-refractivity contribution in [1.29, 1.82) is 0 Å². The molecule has 0 aromatic rings. The highest BCUT2D eigenvalue weighted by molar-refractivity contribution is 7.99. The van der Waals surface area contributed by atoms with Crippen molar-refractivity contribution < 1.29 is 4.79 Å². The largest absolute Gasteiger partial charge is 0.338 e. The van der Waals surface area contributed by atoms with E-state index in [2.05, 4.69) is 30.8 Å². The van der Waals surface area contributed by atoms with Crippen molar-refractivity contribution in [2.75, 3.05) is 38.7 Å². The monoisotopic (exact) mass is 244 g/mol. The Morgan fingerprint density at radius 3 is 2.88 bits per heavy atom. The van der Waals surface area contributed by atoms with E-state index in [1.807, 2.05) is 11.8 Å². The summed E-state index contributed by atoms with van der Waals surface area (Å²) in [6, 6.07) is 0.404. The van der Waals surface area contributed by atoms with Gasteiger partial charge in [-0.2, -0.15) is 11.8 Å². The highest BCUT2D eigenvalue weighted by Gasteiger charge is 2.25. The van der Waals surface area contributed by atoms with Crippen molar-refractivity contribution in [1.82, 2.24) is 9.80 Å². The zero-order chi connectivity index (χ0) is 12.0. The quantitative estimate of drug-likeness (QED) is 0.752. The number of nitrogens with zero attached hydrogens (tertiary/aromatic N) is 2. The SMILES string of the molecule is CCCC(=O)N1CCCSCC1CN(C)C. The van der Waals surface area contributed by atoms with Gasteiger partial charge < -0.3 is 9.80 Å². The van der Waals surface area contributed by atoms with Crippen molar-refractivity contribution >= 4 is 17.7 Å². The first-order valence-corrected chi connectivity index (χ1v) is 7.32. The van der Waals surface area contributed by atoms with Crippen LogP contribution in [0.3, 0.4) is 0 Å². The first kappa shape index (κ1) is 13.8. The maximum Gasteiger partial charge on any atom is 0.222 e. The first-order chi connectivity index (χ1) is 7.65. The third-order valence-electron chi connectivity index (χ3n) is 2.80. The summed E-state index contributed by atoms with van der Waals surface area (Å²) in [4.78, 5) is 16.3. The number of carbonyl (C=O) groups excluding carboxylic acids is 1. The van der Waals surface area contributed by atoms with Gasteiger partial charge in [0.05, 0.1) is 6.04 Å². The van der Waals surface area contributed by atoms with Gasteiger partial charge in [0.1, 0.15) is 0 Å². The van der Waals surface area contributed by atoms with Crippen LogP contribution in [0.5, 0.6) is 0 Å². The predicted molar refractivity (Wildman–Crippen MR) is 70.9 cm³/mol. The van der Waals surface area contributed by atoms with Crippen LogP contribution in [-0.2, 0) is 4.79 Å². The van der Waals surface area contributed by atoms with E-state index in [-0.39, 0.29) is 0 Å². The van der Waals surface area contributed by atoms with Crippen LogP contribution in [-0.4, -0.2) is 60.4 Å². The van der Waals surface area contributed by atoms with Crippen LogP contribution < -0.4 is 0 Å². The number of carbonyl (C=O) groups is 1. The Hall–Kier alpha value is -0.220. The van der Waals surface area contributed by atoms with Crippen LogP contribution in [0, 0.1) is 0 Å². The molecule has 0 aliphatic carbocycles. The first-order valence-electron chi connectivity index (χ1n) is 6.17. The zero-order valence-corrected chi connectivity index (χ0v) is 11.6. The Morgan fingerprint density at radius 2 is 2.25 bits per heavy atom. The molecule has 0 spiro atoms. The Kier molecular flexibility index (Phi) is 6.21. The standard InChI is InChI=1S/C12H24N2OS/c1-4-6-12(15)14-7-5-8-16-10-11(14)9-13(2)3/h11H,4-10H2,1-3H3. The van der Waals surface area contributed by atoms with Gasteiger partial charge in [-0.05, 0) is 32.7 Å². The molecule has 0 saturated carbocycles. The summed E-state index contributed by atoms with van der Waals surface area (Å²) in [5.74, 6) is 2.63. The third-order valence-corrected chi connectivity index (χ3v) is 4.00. The van der Waals surface area contributed by atoms with Crippen molar-refractivity contribution in [2.24, 2.45) is 0 Å². The number of likely N-dealkylation sites (N-methyl/N-ethyl adjacent to an activating group) is 1. The van der Waals surface area contributed by atoms with E-state index in [0.29, 0.717) is 18.4 Å². The van der Waals surface area contributed by atoms with Crippen LogP contribution in [0.2, 0.25) is 0 Å². The fourth-order valence-electron chi connectivity index (χ4n) is 2.09. The molecule has 1 heterocycles. The van der Waals surface area contributed by atoms with Gasteiger partial charge >= 0.3 is 0 Å². The Balaban J connectivity index is 2.61. The average Bonchev–Trinajstić information content (AvgIpc) is 2.43. The molecule has 0 N–H and O–H groups in total. The minimum absolute atomic E-state index is 0.344. The van der Waals surface area contributed by atoms with Crippen LogP contribution in [0.4, 0.5) is 0 Å². The van der Waals surface area contributed by atoms with E-state index in [1.54, 1.807) is 0 Å². The summed E-state index contributed by atoms with van der Waals surface area (Å²) in [6.07, 6.45) is 2.80. The second kappa shape index (κ2) is 7.17. The molecule has 1 fully saturated rings. The van der Waals surface area contributed by atoms with Gasteiger partial charge in [0.15, 0.2) is 0 Å². The maximum absolute atomic E-state index is 12.0. The summed E-state index contributed by atoms with van der Waals surface area (Å²) in [5.41, 5.74) is 0. The molecule has 1 unspecified atom stereocenters. The van der Waals surface area contributed by atoms with E-state index >= 15 is 0 Å². The van der Waals surface area contributed by atoms with Gasteiger partial charge in [-0.25, -0.2) is 0 Å². The smallest absolute Gasteiger partial charge is 0.222 e. The second-order valence-electron chi connectivity index (χ2n) is 4.68. The molecule has 0 aromatic heterocycles. The van der Waals surface area contributed by atoms with Crippen molar-refractivity contribution in [2.45, 2.75) is 32.2 Å². The summed E-state index contributed by atoms with van der Waals surface area (Å²) in [7, 11) is 4.16. The lowest BCUT2D eigenvalue weighted by atomic mass is 10.2. The zero-order valence-electron chi connectivity index (χ0n) is 10.7. The van der Waals surface area contributed by atoms with Crippen LogP contribution in [0.25, 0.3) is 0 Å². The fourth-order valence-corrected chi connectivity index (χ4v) is 3.14. The normalized spacial score (nSPS) is 22.2. The minimum atomic E-state index is 0.344. The molecule has 0 bridgehead atoms. The lowest BCUT2D eigenvalue weighted by molar-refractivity contribution is -0.133. The molecule has 1 aliphatic rings. The molecule has 1 rings (SSSR count). The van der Waals surface area contributed by atoms with Crippen molar-refractivity contribution in [3.63, 3.8) is 0 Å². The molecular weight excluding hydrogens is 220 g/mol. The van der Waals surface area contributed by atoms with Crippen LogP contribution in [0.1, 0.15) is 26.2 Å². The topological polar surface area (TPSA) is 23.6 Å². The second-order valence-corrected chi connectivity index (χ2v) is 5.83. The van der Waals surface area contributed by atoms with Crippen LogP contribution in [0.15, 0.2) is 0 Å². The summed E-state index contributed by atoms with van der Waals surface area (Å²) in [6.45, 7) is 4.01. The van der Waals surface area contributed by atoms with Gasteiger partial charge in [-0.1, -0.05) is 6.92 Å². The minimum Gasteiger partial charge on any atom is -0.338 e. The molecule has 1 saturated heterocycles. The van der Waals surface area contributed by atoms with Crippen molar-refractivity contribution in [3.05, 3.63) is 0 Å². The van der Waals surface area contributed by atoms with E-state index in [9.17, 15) is 4.79 Å². The maximum atomic E-state index is 12.0. The Bertz CT molecular complexity index is 221. The van der Waals surface area contributed by atoms with Gasteiger partial charge in [0.25, 0.3) is 0 Å². The average molecular weight is 244 g/mol. The predicted octanol–water partition coefficient (Wildman–Crippen LogP) is 1.68. The number of thioether (sulfide) groups is 1. The van der Waals surface area contributed by atoms with E-state index in [1.165, 1.54) is 5.75 Å². The van der Waals surface area contributed by atoms with Gasteiger partial charge in [-0.15, -0.1) is 0 Å². The number of hydrogen-bond acceptors (Lipinski definition) is 3. The van der Waals surface area contributed by atoms with Crippen molar-refractivity contribution in [3.8, 4) is 0 Å². The lowest BCUT2D eigenvalue weighted by Gasteiger charge is -2.31. The molecule has 4 heteroatoms. The van der Waals surface area contributed by atoms with Gasteiger partial charge in [-0.3, -0.25) is 4.79 Å². The van der Waals surface area contributed by atoms with Gasteiger partial charge in [0.2, 0.25) is 5.91 Å². The Morgan fingerprint density at radius 1 is 1.50 bits per heavy atom.